The van der Waals surface area contributed by atoms with Gasteiger partial charge in [0.1, 0.15) is 21.4 Å². The van der Waals surface area contributed by atoms with Gasteiger partial charge in [-0.15, -0.1) is 11.3 Å². The van der Waals surface area contributed by atoms with Crippen molar-refractivity contribution in [2.45, 2.75) is 13.5 Å². The Labute approximate surface area is 142 Å². The van der Waals surface area contributed by atoms with Gasteiger partial charge in [0.25, 0.3) is 0 Å². The van der Waals surface area contributed by atoms with Crippen molar-refractivity contribution in [3.63, 3.8) is 0 Å². The van der Waals surface area contributed by atoms with E-state index >= 15 is 0 Å². The fourth-order valence-corrected chi connectivity index (χ4v) is 3.05. The first-order valence-corrected chi connectivity index (χ1v) is 7.99. The van der Waals surface area contributed by atoms with E-state index in [-0.39, 0.29) is 4.88 Å². The molecule has 0 saturated heterocycles. The molecular weight excluding hydrogens is 326 g/mol. The summed E-state index contributed by atoms with van der Waals surface area (Å²) < 4.78 is 0. The number of carboxylic acid groups (broad SMARTS) is 1. The lowest BCUT2D eigenvalue weighted by atomic mass is 10.2. The van der Waals surface area contributed by atoms with E-state index in [1.165, 1.54) is 0 Å². The predicted molar refractivity (Wildman–Crippen MR) is 91.2 cm³/mol. The van der Waals surface area contributed by atoms with Crippen LogP contribution in [0.2, 0.25) is 0 Å². The van der Waals surface area contributed by atoms with Gasteiger partial charge in [-0.2, -0.15) is 0 Å². The van der Waals surface area contributed by atoms with E-state index in [0.717, 1.165) is 16.9 Å². The lowest BCUT2D eigenvalue weighted by Crippen LogP contribution is -2.18. The van der Waals surface area contributed by atoms with Crippen molar-refractivity contribution < 1.29 is 9.90 Å². The monoisotopic (exact) mass is 341 g/mol. The van der Waals surface area contributed by atoms with Gasteiger partial charge in [0.2, 0.25) is 0 Å². The van der Waals surface area contributed by atoms with Crippen LogP contribution in [0.5, 0.6) is 0 Å². The second-order valence-corrected chi connectivity index (χ2v) is 6.21. The zero-order chi connectivity index (χ0) is 17.1. The summed E-state index contributed by atoms with van der Waals surface area (Å²) in [5.74, 6) is -0.288. The number of pyridine rings is 1. The molecule has 0 spiro atoms. The molecule has 3 heterocycles. The summed E-state index contributed by atoms with van der Waals surface area (Å²) in [6.07, 6.45) is 6.76. The number of aromatic carboxylic acids is 1. The highest BCUT2D eigenvalue weighted by molar-refractivity contribution is 7.17. The van der Waals surface area contributed by atoms with Crippen LogP contribution in [0, 0.1) is 6.92 Å². The molecule has 0 radical (unpaired) electrons. The Kier molecular flexibility index (Phi) is 4.48. The zero-order valence-electron chi connectivity index (χ0n) is 13.2. The maximum Gasteiger partial charge on any atom is 0.347 e. The lowest BCUT2D eigenvalue weighted by molar-refractivity contribution is 0.0701. The normalized spacial score (nSPS) is 10.6. The maximum atomic E-state index is 11.2. The molecule has 0 bridgehead atoms. The molecule has 0 aliphatic heterocycles. The molecule has 24 heavy (non-hydrogen) atoms. The molecule has 3 aromatic rings. The molecule has 0 aliphatic carbocycles. The highest BCUT2D eigenvalue weighted by Crippen LogP contribution is 2.27. The molecule has 0 aliphatic rings. The molecular formula is C16H15N5O2S. The number of aromatic nitrogens is 4. The third-order valence-corrected chi connectivity index (χ3v) is 4.56. The Bertz CT molecular complexity index is 866. The fourth-order valence-electron chi connectivity index (χ4n) is 2.19. The van der Waals surface area contributed by atoms with Gasteiger partial charge in [-0.1, -0.05) is 0 Å². The number of carbonyl (C=O) groups is 1. The molecule has 1 N–H and O–H groups in total. The van der Waals surface area contributed by atoms with Crippen LogP contribution >= 0.6 is 11.3 Å². The summed E-state index contributed by atoms with van der Waals surface area (Å²) in [4.78, 5) is 30.4. The van der Waals surface area contributed by atoms with Crippen LogP contribution in [-0.4, -0.2) is 38.1 Å². The van der Waals surface area contributed by atoms with Crippen LogP contribution in [0.3, 0.4) is 0 Å². The summed E-state index contributed by atoms with van der Waals surface area (Å²) in [6, 6.07) is 3.88. The number of carboxylic acids is 1. The standard InChI is InChI=1S/C16H15N5O2S/c1-10-14(16(22)23)24-15(19-10)12-7-18-8-13(20-12)21(2)9-11-3-5-17-6-4-11/h3-8H,9H2,1-2H3,(H,22,23). The number of anilines is 1. The Morgan fingerprint density at radius 1 is 1.21 bits per heavy atom. The summed E-state index contributed by atoms with van der Waals surface area (Å²) in [6.45, 7) is 2.34. The third-order valence-electron chi connectivity index (χ3n) is 3.39. The molecule has 7 nitrogen and oxygen atoms in total. The van der Waals surface area contributed by atoms with E-state index in [1.807, 2.05) is 24.1 Å². The van der Waals surface area contributed by atoms with Crippen molar-refractivity contribution in [1.82, 2.24) is 19.9 Å². The Balaban J connectivity index is 1.86. The van der Waals surface area contributed by atoms with E-state index in [4.69, 9.17) is 5.11 Å². The fraction of sp³-hybridized carbons (Fsp3) is 0.188. The van der Waals surface area contributed by atoms with Crippen molar-refractivity contribution in [3.8, 4) is 10.7 Å². The minimum atomic E-state index is -0.977. The number of aryl methyl sites for hydroxylation is 1. The van der Waals surface area contributed by atoms with E-state index < -0.39 is 5.97 Å². The number of hydrogen-bond acceptors (Lipinski definition) is 7. The smallest absolute Gasteiger partial charge is 0.347 e. The first-order valence-electron chi connectivity index (χ1n) is 7.18. The molecule has 0 fully saturated rings. The Morgan fingerprint density at radius 3 is 2.62 bits per heavy atom. The van der Waals surface area contributed by atoms with E-state index in [2.05, 4.69) is 19.9 Å². The molecule has 0 saturated carbocycles. The van der Waals surface area contributed by atoms with Gasteiger partial charge in [-0.25, -0.2) is 14.8 Å². The summed E-state index contributed by atoms with van der Waals surface area (Å²) in [7, 11) is 1.92. The summed E-state index contributed by atoms with van der Waals surface area (Å²) >= 11 is 1.11. The lowest BCUT2D eigenvalue weighted by Gasteiger charge is -2.18. The number of thiazole rings is 1. The van der Waals surface area contributed by atoms with Crippen molar-refractivity contribution in [2.24, 2.45) is 0 Å². The van der Waals surface area contributed by atoms with Crippen molar-refractivity contribution >= 4 is 23.1 Å². The second kappa shape index (κ2) is 6.71. The zero-order valence-corrected chi connectivity index (χ0v) is 14.0. The highest BCUT2D eigenvalue weighted by Gasteiger charge is 2.16. The SMILES string of the molecule is Cc1nc(-c2cncc(N(C)Cc3ccncc3)n2)sc1C(=O)O. The average Bonchev–Trinajstić information content (AvgIpc) is 2.98. The second-order valence-electron chi connectivity index (χ2n) is 5.21. The third kappa shape index (κ3) is 3.38. The van der Waals surface area contributed by atoms with Crippen molar-refractivity contribution in [2.75, 3.05) is 11.9 Å². The van der Waals surface area contributed by atoms with Crippen LogP contribution in [-0.2, 0) is 6.54 Å². The predicted octanol–water partition coefficient (Wildman–Crippen LogP) is 2.64. The number of rotatable bonds is 5. The minimum absolute atomic E-state index is 0.224. The topological polar surface area (TPSA) is 92.1 Å². The van der Waals surface area contributed by atoms with Gasteiger partial charge in [-0.3, -0.25) is 9.97 Å². The van der Waals surface area contributed by atoms with Gasteiger partial charge in [0.15, 0.2) is 0 Å². The summed E-state index contributed by atoms with van der Waals surface area (Å²) in [5, 5.41) is 9.71. The Hall–Kier alpha value is -2.87. The molecule has 3 aromatic heterocycles. The van der Waals surface area contributed by atoms with Crippen LogP contribution in [0.1, 0.15) is 20.9 Å². The van der Waals surface area contributed by atoms with Gasteiger partial charge < -0.3 is 10.0 Å². The van der Waals surface area contributed by atoms with E-state index in [0.29, 0.717) is 28.8 Å². The Morgan fingerprint density at radius 2 is 1.96 bits per heavy atom. The van der Waals surface area contributed by atoms with Crippen LogP contribution in [0.15, 0.2) is 36.9 Å². The first-order chi connectivity index (χ1) is 11.5. The summed E-state index contributed by atoms with van der Waals surface area (Å²) in [5.41, 5.74) is 2.16. The molecule has 8 heteroatoms. The average molecular weight is 341 g/mol. The van der Waals surface area contributed by atoms with Crippen LogP contribution < -0.4 is 4.90 Å². The number of hydrogen-bond donors (Lipinski definition) is 1. The van der Waals surface area contributed by atoms with Gasteiger partial charge in [0.05, 0.1) is 18.1 Å². The van der Waals surface area contributed by atoms with E-state index in [9.17, 15) is 4.79 Å². The van der Waals surface area contributed by atoms with Crippen molar-refractivity contribution in [3.05, 3.63) is 53.1 Å². The van der Waals surface area contributed by atoms with Gasteiger partial charge in [-0.05, 0) is 24.6 Å². The molecule has 0 unspecified atom stereocenters. The first kappa shape index (κ1) is 16.0. The minimum Gasteiger partial charge on any atom is -0.477 e. The van der Waals surface area contributed by atoms with Crippen LogP contribution in [0.4, 0.5) is 5.82 Å². The number of nitrogens with zero attached hydrogens (tertiary/aromatic N) is 5. The van der Waals surface area contributed by atoms with Gasteiger partial charge >= 0.3 is 5.97 Å². The molecule has 3 rings (SSSR count). The quantitative estimate of drug-likeness (QED) is 0.762. The van der Waals surface area contributed by atoms with Crippen molar-refractivity contribution in [1.29, 1.82) is 0 Å². The molecule has 0 atom stereocenters. The molecule has 122 valence electrons. The van der Waals surface area contributed by atoms with E-state index in [1.54, 1.807) is 31.7 Å². The maximum absolute atomic E-state index is 11.2. The highest BCUT2D eigenvalue weighted by atomic mass is 32.1. The largest absolute Gasteiger partial charge is 0.477 e. The van der Waals surface area contributed by atoms with Gasteiger partial charge in [0, 0.05) is 26.0 Å². The molecule has 0 amide bonds. The molecule has 0 aromatic carbocycles. The van der Waals surface area contributed by atoms with Crippen LogP contribution in [0.25, 0.3) is 10.7 Å².